The maximum absolute atomic E-state index is 6.81. The fourth-order valence-electron chi connectivity index (χ4n) is 11.2. The van der Waals surface area contributed by atoms with E-state index < -0.39 is 0 Å². The maximum atomic E-state index is 6.81. The molecule has 13 rings (SSSR count). The van der Waals surface area contributed by atoms with Gasteiger partial charge >= 0.3 is 0 Å². The van der Waals surface area contributed by atoms with Gasteiger partial charge in [0, 0.05) is 49.8 Å². The molecule has 0 spiro atoms. The molecule has 0 bridgehead atoms. The lowest BCUT2D eigenvalue weighted by atomic mass is 9.82. The molecule has 0 saturated carbocycles. The molecule has 2 aliphatic rings. The Labute approximate surface area is 385 Å². The number of anilines is 2. The number of aromatic nitrogens is 1. The SMILES string of the molecule is CC1(C)c2ccccc2-c2c(N(c3ccc(-c4ccccc4)cc3)C3CC=Cc4oc5ccc(-c6ccc7c(c6)c6cc(-c8ccccc8)ccc6n7-c6ccccc6)cc5c43)cccc21. The minimum absolute atomic E-state index is 0.0332. The first kappa shape index (κ1) is 38.3. The van der Waals surface area contributed by atoms with E-state index in [9.17, 15) is 0 Å². The smallest absolute Gasteiger partial charge is 0.135 e. The van der Waals surface area contributed by atoms with Crippen molar-refractivity contribution in [3.8, 4) is 50.2 Å². The van der Waals surface area contributed by atoms with Gasteiger partial charge in [0.2, 0.25) is 0 Å². The lowest BCUT2D eigenvalue weighted by molar-refractivity contribution is 0.580. The van der Waals surface area contributed by atoms with E-state index in [0.717, 1.165) is 40.1 Å². The van der Waals surface area contributed by atoms with Crippen molar-refractivity contribution in [3.63, 3.8) is 0 Å². The van der Waals surface area contributed by atoms with E-state index in [-0.39, 0.29) is 11.5 Å². The van der Waals surface area contributed by atoms with Crippen molar-refractivity contribution in [2.45, 2.75) is 31.7 Å². The topological polar surface area (TPSA) is 21.3 Å². The van der Waals surface area contributed by atoms with Crippen LogP contribution in [-0.4, -0.2) is 4.57 Å². The normalized spacial score (nSPS) is 14.7. The molecule has 2 aliphatic carbocycles. The second-order valence-corrected chi connectivity index (χ2v) is 18.4. The zero-order valence-corrected chi connectivity index (χ0v) is 36.9. The second-order valence-electron chi connectivity index (χ2n) is 18.4. The molecule has 314 valence electrons. The standard InChI is InChI=1S/C63H46N2O/c1-63(2)53-23-13-12-22-49(53)61-54(63)24-14-25-57(61)65(48-33-28-43(29-34-48)41-16-6-3-7-17-41)58-26-15-27-60-62(58)52-40-46(32-37-59(52)66-60)45-31-36-56-51(39-45)50-38-44(42-18-8-4-9-19-42)30-35-55(50)64(56)47-20-10-5-11-21-47/h3-25,27-40,58H,26H2,1-2H3. The number of benzene rings is 9. The summed E-state index contributed by atoms with van der Waals surface area (Å²) in [5, 5.41) is 3.61. The second kappa shape index (κ2) is 15.0. The predicted octanol–water partition coefficient (Wildman–Crippen LogP) is 17.1. The van der Waals surface area contributed by atoms with Crippen LogP contribution >= 0.6 is 0 Å². The molecule has 11 aromatic rings. The van der Waals surface area contributed by atoms with Gasteiger partial charge in [-0.15, -0.1) is 0 Å². The van der Waals surface area contributed by atoms with Crippen LogP contribution in [0.25, 0.3) is 89.0 Å². The highest BCUT2D eigenvalue weighted by atomic mass is 16.3. The van der Waals surface area contributed by atoms with Gasteiger partial charge < -0.3 is 13.9 Å². The Bertz CT molecular complexity index is 3690. The van der Waals surface area contributed by atoms with Crippen molar-refractivity contribution in [2.75, 3.05) is 4.90 Å². The monoisotopic (exact) mass is 846 g/mol. The van der Waals surface area contributed by atoms with E-state index in [1.807, 2.05) is 0 Å². The van der Waals surface area contributed by atoms with Crippen LogP contribution in [0.2, 0.25) is 0 Å². The minimum Gasteiger partial charge on any atom is -0.456 e. The number of nitrogens with zero attached hydrogens (tertiary/aromatic N) is 2. The summed E-state index contributed by atoms with van der Waals surface area (Å²) in [6.45, 7) is 4.73. The minimum atomic E-state index is -0.128. The number of furan rings is 1. The zero-order valence-electron chi connectivity index (χ0n) is 36.9. The fourth-order valence-corrected chi connectivity index (χ4v) is 11.2. The lowest BCUT2D eigenvalue weighted by Crippen LogP contribution is -2.26. The first-order valence-corrected chi connectivity index (χ1v) is 23.1. The number of para-hydroxylation sites is 1. The Balaban J connectivity index is 0.987. The number of fused-ring (bicyclic) bond motifs is 9. The van der Waals surface area contributed by atoms with Gasteiger partial charge in [0.15, 0.2) is 0 Å². The first-order chi connectivity index (χ1) is 32.5. The van der Waals surface area contributed by atoms with Crippen LogP contribution in [0.1, 0.15) is 48.8 Å². The summed E-state index contributed by atoms with van der Waals surface area (Å²) in [7, 11) is 0. The van der Waals surface area contributed by atoms with Gasteiger partial charge in [0.25, 0.3) is 0 Å². The molecule has 0 N–H and O–H groups in total. The summed E-state index contributed by atoms with van der Waals surface area (Å²) in [6.07, 6.45) is 5.31. The Morgan fingerprint density at radius 1 is 0.500 bits per heavy atom. The van der Waals surface area contributed by atoms with Gasteiger partial charge in [-0.2, -0.15) is 0 Å². The summed E-state index contributed by atoms with van der Waals surface area (Å²) >= 11 is 0. The molecule has 3 heteroatoms. The summed E-state index contributed by atoms with van der Waals surface area (Å²) < 4.78 is 9.21. The van der Waals surface area contributed by atoms with Crippen molar-refractivity contribution in [2.24, 2.45) is 0 Å². The van der Waals surface area contributed by atoms with E-state index >= 15 is 0 Å². The fraction of sp³-hybridized carbons (Fsp3) is 0.0794. The van der Waals surface area contributed by atoms with Gasteiger partial charge in [0.1, 0.15) is 11.3 Å². The number of rotatable bonds is 7. The first-order valence-electron chi connectivity index (χ1n) is 23.1. The van der Waals surface area contributed by atoms with E-state index in [1.54, 1.807) is 0 Å². The van der Waals surface area contributed by atoms with Gasteiger partial charge in [0.05, 0.1) is 17.1 Å². The Kier molecular flexibility index (Phi) is 8.69. The van der Waals surface area contributed by atoms with Gasteiger partial charge in [-0.05, 0) is 129 Å². The average Bonchev–Trinajstić information content (AvgIpc) is 4.00. The van der Waals surface area contributed by atoms with Crippen molar-refractivity contribution in [3.05, 3.63) is 241 Å². The highest BCUT2D eigenvalue weighted by Gasteiger charge is 2.39. The van der Waals surface area contributed by atoms with E-state index in [1.165, 1.54) is 83.1 Å². The van der Waals surface area contributed by atoms with E-state index in [4.69, 9.17) is 4.42 Å². The molecule has 1 atom stereocenters. The third-order valence-corrected chi connectivity index (χ3v) is 14.3. The molecule has 2 aromatic heterocycles. The molecule has 0 fully saturated rings. The van der Waals surface area contributed by atoms with Crippen molar-refractivity contribution < 1.29 is 4.42 Å². The van der Waals surface area contributed by atoms with Gasteiger partial charge in [-0.25, -0.2) is 0 Å². The van der Waals surface area contributed by atoms with Gasteiger partial charge in [-0.3, -0.25) is 0 Å². The third-order valence-electron chi connectivity index (χ3n) is 14.3. The molecule has 9 aromatic carbocycles. The molecule has 66 heavy (non-hydrogen) atoms. The summed E-state index contributed by atoms with van der Waals surface area (Å²) in [4.78, 5) is 2.60. The molecule has 0 saturated heterocycles. The highest BCUT2D eigenvalue weighted by molar-refractivity contribution is 6.12. The van der Waals surface area contributed by atoms with Crippen LogP contribution in [0.15, 0.2) is 223 Å². The van der Waals surface area contributed by atoms with Crippen LogP contribution < -0.4 is 4.90 Å². The largest absolute Gasteiger partial charge is 0.456 e. The maximum Gasteiger partial charge on any atom is 0.135 e. The molecular formula is C63H46N2O. The summed E-state index contributed by atoms with van der Waals surface area (Å²) in [5.74, 6) is 0.924. The molecular weight excluding hydrogens is 801 g/mol. The van der Waals surface area contributed by atoms with Crippen LogP contribution in [0, 0.1) is 0 Å². The average molecular weight is 847 g/mol. The molecule has 0 radical (unpaired) electrons. The highest BCUT2D eigenvalue weighted by Crippen LogP contribution is 2.55. The predicted molar refractivity (Wildman–Crippen MR) is 276 cm³/mol. The zero-order chi connectivity index (χ0) is 43.9. The Hall–Kier alpha value is -8.14. The Morgan fingerprint density at radius 2 is 1.05 bits per heavy atom. The van der Waals surface area contributed by atoms with Crippen molar-refractivity contribution >= 4 is 50.2 Å². The van der Waals surface area contributed by atoms with Crippen LogP contribution in [0.5, 0.6) is 0 Å². The van der Waals surface area contributed by atoms with Crippen LogP contribution in [0.3, 0.4) is 0 Å². The number of hydrogen-bond acceptors (Lipinski definition) is 2. The summed E-state index contributed by atoms with van der Waals surface area (Å²) in [6, 6.07) is 77.8. The van der Waals surface area contributed by atoms with Crippen molar-refractivity contribution in [1.29, 1.82) is 0 Å². The molecule has 2 heterocycles. The molecule has 3 nitrogen and oxygen atoms in total. The number of hydrogen-bond donors (Lipinski definition) is 0. The van der Waals surface area contributed by atoms with Crippen LogP contribution in [-0.2, 0) is 5.41 Å². The third kappa shape index (κ3) is 5.97. The lowest BCUT2D eigenvalue weighted by Gasteiger charge is -2.36. The molecule has 1 unspecified atom stereocenters. The van der Waals surface area contributed by atoms with E-state index in [0.29, 0.717) is 0 Å². The van der Waals surface area contributed by atoms with E-state index in [2.05, 4.69) is 248 Å². The molecule has 0 amide bonds. The van der Waals surface area contributed by atoms with Crippen molar-refractivity contribution in [1.82, 2.24) is 4.57 Å². The van der Waals surface area contributed by atoms with Crippen LogP contribution in [0.4, 0.5) is 11.4 Å². The summed E-state index contributed by atoms with van der Waals surface area (Å²) in [5.41, 5.74) is 20.4. The Morgan fingerprint density at radius 3 is 1.74 bits per heavy atom. The molecule has 0 aliphatic heterocycles. The quantitative estimate of drug-likeness (QED) is 0.159. The van der Waals surface area contributed by atoms with Gasteiger partial charge in [-0.1, -0.05) is 166 Å².